The smallest absolute Gasteiger partial charge is 0.212 e. The van der Waals surface area contributed by atoms with E-state index in [1.54, 1.807) is 0 Å². The molecular weight excluding hydrogens is 175 g/mol. The van der Waals surface area contributed by atoms with E-state index in [9.17, 15) is 4.79 Å². The highest BCUT2D eigenvalue weighted by Gasteiger charge is 2.33. The third kappa shape index (κ3) is 1.54. The average molecular weight is 183 g/mol. The number of alkyl halides is 2. The Morgan fingerprint density at radius 3 is 2.70 bits per heavy atom. The molecule has 0 aromatic heterocycles. The first-order chi connectivity index (χ1) is 4.67. The van der Waals surface area contributed by atoms with Crippen LogP contribution in [0.15, 0.2) is 0 Å². The van der Waals surface area contributed by atoms with Gasteiger partial charge in [-0.05, 0) is 0 Å². The lowest BCUT2D eigenvalue weighted by Gasteiger charge is -2.35. The number of amides is 1. The molecule has 5 heteroatoms. The number of hydrogen-bond acceptors (Lipinski definition) is 2. The average Bonchev–Trinajstić information content (AvgIpc) is 1.87. The number of nitrogens with one attached hydrogen (secondary N) is 1. The summed E-state index contributed by atoms with van der Waals surface area (Å²) in [5.74, 6) is 0. The highest BCUT2D eigenvalue weighted by Crippen LogP contribution is 2.25. The summed E-state index contributed by atoms with van der Waals surface area (Å²) < 4.78 is -1.06. The van der Waals surface area contributed by atoms with Gasteiger partial charge < -0.3 is 10.2 Å². The molecule has 0 radical (unpaired) electrons. The van der Waals surface area contributed by atoms with Crippen LogP contribution in [0, 0.1) is 0 Å². The van der Waals surface area contributed by atoms with Crippen LogP contribution < -0.4 is 5.32 Å². The van der Waals surface area contributed by atoms with E-state index in [4.69, 9.17) is 23.2 Å². The van der Waals surface area contributed by atoms with Crippen molar-refractivity contribution in [3.8, 4) is 0 Å². The zero-order valence-electron chi connectivity index (χ0n) is 5.31. The third-order valence-corrected chi connectivity index (χ3v) is 2.12. The van der Waals surface area contributed by atoms with Gasteiger partial charge in [0.1, 0.15) is 0 Å². The molecule has 1 aliphatic heterocycles. The Morgan fingerprint density at radius 1 is 1.60 bits per heavy atom. The molecule has 1 rings (SSSR count). The highest BCUT2D eigenvalue weighted by atomic mass is 35.5. The van der Waals surface area contributed by atoms with Gasteiger partial charge in [-0.3, -0.25) is 4.79 Å². The summed E-state index contributed by atoms with van der Waals surface area (Å²) in [6.07, 6.45) is 0.668. The summed E-state index contributed by atoms with van der Waals surface area (Å²) >= 11 is 11.5. The van der Waals surface area contributed by atoms with Gasteiger partial charge in [-0.25, -0.2) is 0 Å². The fraction of sp³-hybridized carbons (Fsp3) is 0.800. The molecule has 0 aromatic rings. The van der Waals surface area contributed by atoms with Crippen LogP contribution in [0.3, 0.4) is 0 Å². The summed E-state index contributed by atoms with van der Waals surface area (Å²) in [4.78, 5) is 11.7. The molecule has 0 spiro atoms. The fourth-order valence-corrected chi connectivity index (χ4v) is 1.27. The van der Waals surface area contributed by atoms with Crippen molar-refractivity contribution in [2.24, 2.45) is 0 Å². The van der Waals surface area contributed by atoms with Gasteiger partial charge in [-0.2, -0.15) is 0 Å². The summed E-state index contributed by atoms with van der Waals surface area (Å²) in [6, 6.07) is 0. The largest absolute Gasteiger partial charge is 0.311 e. The molecule has 1 N–H and O–H groups in total. The molecule has 1 aliphatic rings. The number of piperazine rings is 1. The Balaban J connectivity index is 2.59. The molecule has 3 nitrogen and oxygen atoms in total. The zero-order chi connectivity index (χ0) is 7.61. The Hall–Kier alpha value is 0.01000. The van der Waals surface area contributed by atoms with Crippen molar-refractivity contribution < 1.29 is 4.79 Å². The molecule has 0 aromatic carbocycles. The molecule has 58 valence electrons. The number of halogens is 2. The number of carbonyl (C=O) groups is 1. The maximum Gasteiger partial charge on any atom is 0.212 e. The Morgan fingerprint density at radius 2 is 2.30 bits per heavy atom. The number of carbonyl (C=O) groups excluding carboxylic acids is 1. The summed E-state index contributed by atoms with van der Waals surface area (Å²) in [5, 5.41) is 2.97. The van der Waals surface area contributed by atoms with Crippen molar-refractivity contribution in [3.05, 3.63) is 0 Å². The maximum absolute atomic E-state index is 10.3. The summed E-state index contributed by atoms with van der Waals surface area (Å²) in [5.41, 5.74) is 0. The Kier molecular flexibility index (Phi) is 2.39. The molecule has 0 aliphatic carbocycles. The number of nitrogens with zero attached hydrogens (tertiary/aromatic N) is 1. The predicted octanol–water partition coefficient (Wildman–Crippen LogP) is 0.179. The van der Waals surface area contributed by atoms with Gasteiger partial charge in [0.2, 0.25) is 10.9 Å². The molecular formula is C5H8Cl2N2O. The van der Waals surface area contributed by atoms with Crippen molar-refractivity contribution in [2.75, 3.05) is 19.6 Å². The van der Waals surface area contributed by atoms with Gasteiger partial charge in [0.05, 0.1) is 0 Å². The maximum atomic E-state index is 10.3. The molecule has 0 bridgehead atoms. The SMILES string of the molecule is O=CN1CCNCC1(Cl)Cl. The van der Waals surface area contributed by atoms with Crippen molar-refractivity contribution in [3.63, 3.8) is 0 Å². The molecule has 1 amide bonds. The van der Waals surface area contributed by atoms with E-state index in [2.05, 4.69) is 5.32 Å². The van der Waals surface area contributed by atoms with Crippen LogP contribution >= 0.6 is 23.2 Å². The predicted molar refractivity (Wildman–Crippen MR) is 40.1 cm³/mol. The van der Waals surface area contributed by atoms with Crippen molar-refractivity contribution in [1.82, 2.24) is 10.2 Å². The molecule has 0 unspecified atom stereocenters. The van der Waals surface area contributed by atoms with Gasteiger partial charge >= 0.3 is 0 Å². The minimum atomic E-state index is -1.06. The minimum absolute atomic E-state index is 0.425. The van der Waals surface area contributed by atoms with E-state index < -0.39 is 4.46 Å². The van der Waals surface area contributed by atoms with Gasteiger partial charge in [0.25, 0.3) is 0 Å². The van der Waals surface area contributed by atoms with Gasteiger partial charge in [-0.1, -0.05) is 23.2 Å². The third-order valence-electron chi connectivity index (χ3n) is 1.41. The highest BCUT2D eigenvalue weighted by molar-refractivity contribution is 6.48. The first-order valence-corrected chi connectivity index (χ1v) is 3.73. The lowest BCUT2D eigenvalue weighted by Crippen LogP contribution is -2.54. The molecule has 1 saturated heterocycles. The van der Waals surface area contributed by atoms with Gasteiger partial charge in [0, 0.05) is 19.6 Å². The quantitative estimate of drug-likeness (QED) is 0.357. The fourth-order valence-electron chi connectivity index (χ4n) is 0.833. The van der Waals surface area contributed by atoms with Crippen LogP contribution in [0.4, 0.5) is 0 Å². The van der Waals surface area contributed by atoms with E-state index in [1.807, 2.05) is 0 Å². The monoisotopic (exact) mass is 182 g/mol. The molecule has 1 heterocycles. The first kappa shape index (κ1) is 8.11. The van der Waals surface area contributed by atoms with E-state index in [-0.39, 0.29) is 0 Å². The molecule has 0 atom stereocenters. The van der Waals surface area contributed by atoms with Crippen LogP contribution in [0.25, 0.3) is 0 Å². The first-order valence-electron chi connectivity index (χ1n) is 2.97. The van der Waals surface area contributed by atoms with Crippen molar-refractivity contribution in [1.29, 1.82) is 0 Å². The summed E-state index contributed by atoms with van der Waals surface area (Å²) in [7, 11) is 0. The lowest BCUT2D eigenvalue weighted by molar-refractivity contribution is -0.120. The second-order valence-corrected chi connectivity index (χ2v) is 3.59. The van der Waals surface area contributed by atoms with Crippen LogP contribution in [-0.2, 0) is 4.79 Å². The Bertz CT molecular complexity index is 140. The van der Waals surface area contributed by atoms with Crippen LogP contribution in [0.2, 0.25) is 0 Å². The van der Waals surface area contributed by atoms with Gasteiger partial charge in [-0.15, -0.1) is 0 Å². The number of rotatable bonds is 1. The second-order valence-electron chi connectivity index (χ2n) is 2.14. The van der Waals surface area contributed by atoms with Crippen molar-refractivity contribution in [2.45, 2.75) is 4.46 Å². The molecule has 10 heavy (non-hydrogen) atoms. The van der Waals surface area contributed by atoms with E-state index in [0.29, 0.717) is 19.5 Å². The minimum Gasteiger partial charge on any atom is -0.311 e. The summed E-state index contributed by atoms with van der Waals surface area (Å²) in [6.45, 7) is 1.74. The second kappa shape index (κ2) is 2.95. The van der Waals surface area contributed by atoms with Crippen LogP contribution in [-0.4, -0.2) is 35.4 Å². The van der Waals surface area contributed by atoms with E-state index in [0.717, 1.165) is 6.54 Å². The Labute approximate surface area is 69.3 Å². The molecule has 0 saturated carbocycles. The number of hydrogen-bond donors (Lipinski definition) is 1. The van der Waals surface area contributed by atoms with E-state index in [1.165, 1.54) is 4.90 Å². The molecule has 1 fully saturated rings. The normalized spacial score (nSPS) is 24.4. The lowest BCUT2D eigenvalue weighted by atomic mass is 10.4. The standard InChI is InChI=1S/C5H8Cl2N2O/c6-5(7)3-8-1-2-9(5)4-10/h4,8H,1-3H2. The van der Waals surface area contributed by atoms with Crippen molar-refractivity contribution >= 4 is 29.6 Å². The zero-order valence-corrected chi connectivity index (χ0v) is 6.82. The van der Waals surface area contributed by atoms with Crippen LogP contribution in [0.5, 0.6) is 0 Å². The topological polar surface area (TPSA) is 32.3 Å². The van der Waals surface area contributed by atoms with E-state index >= 15 is 0 Å². The van der Waals surface area contributed by atoms with Crippen LogP contribution in [0.1, 0.15) is 0 Å². The van der Waals surface area contributed by atoms with Gasteiger partial charge in [0.15, 0.2) is 0 Å².